The van der Waals surface area contributed by atoms with Gasteiger partial charge in [-0.2, -0.15) is 5.90 Å². The van der Waals surface area contributed by atoms with Crippen molar-refractivity contribution in [2.24, 2.45) is 5.90 Å². The fourth-order valence-corrected chi connectivity index (χ4v) is 0.873. The number of hydrogen-bond donors (Lipinski definition) is 2. The minimum absolute atomic E-state index is 0.253. The fraction of sp³-hybridized carbons (Fsp3) is 0.429. The molecule has 0 aliphatic rings. The lowest BCUT2D eigenvalue weighted by Gasteiger charge is -1.94. The van der Waals surface area contributed by atoms with Crippen LogP contribution < -0.4 is 5.90 Å². The van der Waals surface area contributed by atoms with Gasteiger partial charge < -0.3 is 9.82 Å². The molecular formula is C7H11N3O2. The smallest absolute Gasteiger partial charge is 0.324 e. The van der Waals surface area contributed by atoms with Gasteiger partial charge >= 0.3 is 5.97 Å². The summed E-state index contributed by atoms with van der Waals surface area (Å²) in [5.41, 5.74) is 0.908. The number of carbonyl (C=O) groups is 1. The number of rotatable bonds is 3. The molecule has 5 nitrogen and oxygen atoms in total. The lowest BCUT2D eigenvalue weighted by molar-refractivity contribution is -0.144. The molecule has 1 heterocycles. The molecule has 12 heavy (non-hydrogen) atoms. The van der Waals surface area contributed by atoms with Gasteiger partial charge in [-0.25, -0.2) is 4.98 Å². The maximum absolute atomic E-state index is 10.6. The van der Waals surface area contributed by atoms with Gasteiger partial charge in [-0.1, -0.05) is 0 Å². The number of H-pyrrole nitrogens is 1. The second-order valence-corrected chi connectivity index (χ2v) is 2.48. The van der Waals surface area contributed by atoms with Gasteiger partial charge in [-0.15, -0.1) is 0 Å². The van der Waals surface area contributed by atoms with Crippen LogP contribution in [0.5, 0.6) is 0 Å². The number of nitrogens with two attached hydrogens (primary N) is 1. The van der Waals surface area contributed by atoms with Gasteiger partial charge in [0.05, 0.1) is 12.1 Å². The Labute approximate surface area is 69.9 Å². The SMILES string of the molecule is Cc1c[nH]c(CCC(=O)ON)n1. The summed E-state index contributed by atoms with van der Waals surface area (Å²) in [5.74, 6) is 5.01. The van der Waals surface area contributed by atoms with Crippen LogP contribution in [0.2, 0.25) is 0 Å². The molecule has 0 aromatic carbocycles. The van der Waals surface area contributed by atoms with Crippen molar-refractivity contribution >= 4 is 5.97 Å². The summed E-state index contributed by atoms with van der Waals surface area (Å²) < 4.78 is 0. The summed E-state index contributed by atoms with van der Waals surface area (Å²) >= 11 is 0. The van der Waals surface area contributed by atoms with Crippen molar-refractivity contribution in [3.05, 3.63) is 17.7 Å². The highest BCUT2D eigenvalue weighted by Gasteiger charge is 2.03. The van der Waals surface area contributed by atoms with Crippen LogP contribution in [-0.4, -0.2) is 15.9 Å². The van der Waals surface area contributed by atoms with Crippen LogP contribution in [0.15, 0.2) is 6.20 Å². The van der Waals surface area contributed by atoms with Crippen LogP contribution >= 0.6 is 0 Å². The van der Waals surface area contributed by atoms with Crippen LogP contribution in [0, 0.1) is 6.92 Å². The van der Waals surface area contributed by atoms with Crippen molar-refractivity contribution < 1.29 is 9.63 Å². The second kappa shape index (κ2) is 3.87. The van der Waals surface area contributed by atoms with Crippen molar-refractivity contribution in [1.29, 1.82) is 0 Å². The Kier molecular flexibility index (Phi) is 2.82. The van der Waals surface area contributed by atoms with E-state index in [9.17, 15) is 4.79 Å². The molecular weight excluding hydrogens is 158 g/mol. The van der Waals surface area contributed by atoms with Crippen molar-refractivity contribution in [2.75, 3.05) is 0 Å². The summed E-state index contributed by atoms with van der Waals surface area (Å²) in [6, 6.07) is 0. The molecule has 1 aromatic rings. The van der Waals surface area contributed by atoms with E-state index in [1.54, 1.807) is 6.20 Å². The molecule has 1 aromatic heterocycles. The van der Waals surface area contributed by atoms with Gasteiger partial charge in [0.15, 0.2) is 0 Å². The zero-order valence-electron chi connectivity index (χ0n) is 6.83. The number of aromatic nitrogens is 2. The van der Waals surface area contributed by atoms with E-state index in [4.69, 9.17) is 0 Å². The summed E-state index contributed by atoms with van der Waals surface area (Å²) in [5, 5.41) is 0. The highest BCUT2D eigenvalue weighted by atomic mass is 16.7. The highest BCUT2D eigenvalue weighted by Crippen LogP contribution is 1.98. The number of imidazole rings is 1. The fourth-order valence-electron chi connectivity index (χ4n) is 0.873. The molecule has 0 saturated carbocycles. The van der Waals surface area contributed by atoms with Crippen LogP contribution in [0.3, 0.4) is 0 Å². The standard InChI is InChI=1S/C7H11N3O2/c1-5-4-9-6(10-5)2-3-7(11)12-8/h4H,2-3,8H2,1H3,(H,9,10). The molecule has 66 valence electrons. The zero-order chi connectivity index (χ0) is 8.97. The Morgan fingerprint density at radius 3 is 3.08 bits per heavy atom. The summed E-state index contributed by atoms with van der Waals surface area (Å²) in [6.45, 7) is 1.88. The molecule has 1 rings (SSSR count). The van der Waals surface area contributed by atoms with Crippen molar-refractivity contribution in [3.63, 3.8) is 0 Å². The van der Waals surface area contributed by atoms with E-state index in [0.717, 1.165) is 11.5 Å². The summed E-state index contributed by atoms with van der Waals surface area (Å²) in [6.07, 6.45) is 2.57. The molecule has 0 amide bonds. The number of nitrogens with one attached hydrogen (secondary N) is 1. The van der Waals surface area contributed by atoms with Crippen LogP contribution in [0.25, 0.3) is 0 Å². The third kappa shape index (κ3) is 2.35. The van der Waals surface area contributed by atoms with Crippen LogP contribution in [0.4, 0.5) is 0 Å². The van der Waals surface area contributed by atoms with Gasteiger partial charge in [0.1, 0.15) is 5.82 Å². The third-order valence-corrected chi connectivity index (χ3v) is 1.46. The first-order valence-electron chi connectivity index (χ1n) is 3.63. The van der Waals surface area contributed by atoms with E-state index >= 15 is 0 Å². The first kappa shape index (κ1) is 8.73. The largest absolute Gasteiger partial charge is 0.373 e. The Hall–Kier alpha value is -1.36. The highest BCUT2D eigenvalue weighted by molar-refractivity contribution is 5.69. The quantitative estimate of drug-likeness (QED) is 0.627. The molecule has 0 saturated heterocycles. The van der Waals surface area contributed by atoms with E-state index in [2.05, 4.69) is 20.7 Å². The summed E-state index contributed by atoms with van der Waals surface area (Å²) in [4.78, 5) is 21.6. The van der Waals surface area contributed by atoms with Crippen LogP contribution in [-0.2, 0) is 16.1 Å². The normalized spacial score (nSPS) is 9.83. The minimum atomic E-state index is -0.427. The Morgan fingerprint density at radius 1 is 1.83 bits per heavy atom. The third-order valence-electron chi connectivity index (χ3n) is 1.46. The predicted octanol–water partition coefficient (Wildman–Crippen LogP) is 0.0676. The average molecular weight is 169 g/mol. The molecule has 0 fully saturated rings. The number of nitrogens with zero attached hydrogens (tertiary/aromatic N) is 1. The summed E-state index contributed by atoms with van der Waals surface area (Å²) in [7, 11) is 0. The maximum Gasteiger partial charge on any atom is 0.324 e. The van der Waals surface area contributed by atoms with Gasteiger partial charge in [-0.05, 0) is 6.92 Å². The van der Waals surface area contributed by atoms with Gasteiger partial charge in [-0.3, -0.25) is 4.79 Å². The Balaban J connectivity index is 2.38. The van der Waals surface area contributed by atoms with E-state index in [1.807, 2.05) is 6.92 Å². The number of carbonyl (C=O) groups excluding carboxylic acids is 1. The van der Waals surface area contributed by atoms with E-state index in [1.165, 1.54) is 0 Å². The van der Waals surface area contributed by atoms with Crippen molar-refractivity contribution in [1.82, 2.24) is 9.97 Å². The van der Waals surface area contributed by atoms with Crippen LogP contribution in [0.1, 0.15) is 17.9 Å². The molecule has 0 aliphatic carbocycles. The second-order valence-electron chi connectivity index (χ2n) is 2.48. The maximum atomic E-state index is 10.6. The molecule has 0 unspecified atom stereocenters. The average Bonchev–Trinajstić information content (AvgIpc) is 2.47. The minimum Gasteiger partial charge on any atom is -0.373 e. The number of hydrogen-bond acceptors (Lipinski definition) is 4. The molecule has 0 spiro atoms. The van der Waals surface area contributed by atoms with E-state index < -0.39 is 5.97 Å². The molecule has 3 N–H and O–H groups in total. The first-order valence-corrected chi connectivity index (χ1v) is 3.63. The van der Waals surface area contributed by atoms with Crippen molar-refractivity contribution in [3.8, 4) is 0 Å². The lowest BCUT2D eigenvalue weighted by atomic mass is 10.3. The zero-order valence-corrected chi connectivity index (χ0v) is 6.83. The number of aryl methyl sites for hydroxylation is 2. The van der Waals surface area contributed by atoms with Gasteiger partial charge in [0, 0.05) is 12.6 Å². The molecule has 0 aliphatic heterocycles. The topological polar surface area (TPSA) is 81.0 Å². The predicted molar refractivity (Wildman–Crippen MR) is 41.9 cm³/mol. The molecule has 0 atom stereocenters. The lowest BCUT2D eigenvalue weighted by Crippen LogP contribution is -2.10. The molecule has 0 radical (unpaired) electrons. The van der Waals surface area contributed by atoms with Crippen molar-refractivity contribution in [2.45, 2.75) is 19.8 Å². The Morgan fingerprint density at radius 2 is 2.58 bits per heavy atom. The number of aromatic amines is 1. The first-order chi connectivity index (χ1) is 5.72. The van der Waals surface area contributed by atoms with Gasteiger partial charge in [0.2, 0.25) is 0 Å². The molecule has 5 heteroatoms. The Bertz CT molecular complexity index is 269. The van der Waals surface area contributed by atoms with E-state index in [-0.39, 0.29) is 6.42 Å². The molecule has 0 bridgehead atoms. The van der Waals surface area contributed by atoms with E-state index in [0.29, 0.717) is 6.42 Å². The monoisotopic (exact) mass is 169 g/mol. The van der Waals surface area contributed by atoms with Gasteiger partial charge in [0.25, 0.3) is 0 Å².